The zero-order valence-corrected chi connectivity index (χ0v) is 17.2. The number of benzene rings is 2. The minimum absolute atomic E-state index is 0.0574. The van der Waals surface area contributed by atoms with Crippen LogP contribution in [0.3, 0.4) is 0 Å². The number of amides is 1. The normalized spacial score (nSPS) is 10.5. The molecule has 4 aromatic rings. The van der Waals surface area contributed by atoms with Crippen molar-refractivity contribution in [3.8, 4) is 0 Å². The van der Waals surface area contributed by atoms with Crippen LogP contribution in [0.5, 0.6) is 0 Å². The van der Waals surface area contributed by atoms with Crippen molar-refractivity contribution in [1.29, 1.82) is 0 Å². The van der Waals surface area contributed by atoms with Gasteiger partial charge in [-0.1, -0.05) is 60.7 Å². The van der Waals surface area contributed by atoms with Crippen LogP contribution in [0, 0.1) is 0 Å². The predicted octanol–water partition coefficient (Wildman–Crippen LogP) is 4.93. The molecule has 2 aromatic heterocycles. The van der Waals surface area contributed by atoms with Gasteiger partial charge in [0.05, 0.1) is 5.56 Å². The number of hydrogen-bond donors (Lipinski definition) is 1. The summed E-state index contributed by atoms with van der Waals surface area (Å²) in [4.78, 5) is 24.0. The molecule has 0 bridgehead atoms. The van der Waals surface area contributed by atoms with Gasteiger partial charge in [-0.05, 0) is 41.0 Å². The number of anilines is 1. The van der Waals surface area contributed by atoms with Gasteiger partial charge in [0.15, 0.2) is 0 Å². The van der Waals surface area contributed by atoms with Gasteiger partial charge >= 0.3 is 0 Å². The third-order valence-corrected chi connectivity index (χ3v) is 4.97. The van der Waals surface area contributed by atoms with E-state index in [0.29, 0.717) is 31.0 Å². The maximum Gasteiger partial charge on any atom is 0.258 e. The lowest BCUT2D eigenvalue weighted by Gasteiger charge is -2.24. The monoisotopic (exact) mass is 408 g/mol. The van der Waals surface area contributed by atoms with Gasteiger partial charge in [0.25, 0.3) is 5.91 Å². The van der Waals surface area contributed by atoms with E-state index in [9.17, 15) is 4.79 Å². The van der Waals surface area contributed by atoms with E-state index in [1.165, 1.54) is 0 Å². The highest BCUT2D eigenvalue weighted by atomic mass is 16.2. The number of rotatable bonds is 8. The lowest BCUT2D eigenvalue weighted by molar-refractivity contribution is 0.0730. The van der Waals surface area contributed by atoms with Crippen LogP contribution in [-0.2, 0) is 19.6 Å². The summed E-state index contributed by atoms with van der Waals surface area (Å²) < 4.78 is 0. The first-order valence-electron chi connectivity index (χ1n) is 10.2. The second-order valence-electron chi connectivity index (χ2n) is 7.24. The number of pyridine rings is 2. The first-order valence-corrected chi connectivity index (χ1v) is 10.2. The van der Waals surface area contributed by atoms with Crippen LogP contribution in [0.2, 0.25) is 0 Å². The van der Waals surface area contributed by atoms with Crippen LogP contribution >= 0.6 is 0 Å². The van der Waals surface area contributed by atoms with E-state index in [1.807, 2.05) is 83.8 Å². The highest BCUT2D eigenvalue weighted by molar-refractivity contribution is 5.98. The Labute approximate surface area is 182 Å². The maximum atomic E-state index is 13.6. The standard InChI is InChI=1S/C26H24N4O/c31-26(24-12-7-15-28-25(24)29-18-21-13-16-27-17-14-21)30(19-22-8-3-1-4-9-22)20-23-10-5-2-6-11-23/h1-17H,18-20H2,(H,28,29). The van der Waals surface area contributed by atoms with Gasteiger partial charge in [0.1, 0.15) is 5.82 Å². The molecule has 0 aliphatic carbocycles. The average Bonchev–Trinajstić information content (AvgIpc) is 2.84. The highest BCUT2D eigenvalue weighted by Gasteiger charge is 2.20. The molecule has 4 rings (SSSR count). The van der Waals surface area contributed by atoms with Crippen molar-refractivity contribution in [2.24, 2.45) is 0 Å². The molecule has 0 radical (unpaired) electrons. The van der Waals surface area contributed by atoms with E-state index in [0.717, 1.165) is 16.7 Å². The van der Waals surface area contributed by atoms with Gasteiger partial charge in [-0.25, -0.2) is 4.98 Å². The number of aromatic nitrogens is 2. The largest absolute Gasteiger partial charge is 0.365 e. The van der Waals surface area contributed by atoms with Crippen LogP contribution in [0.1, 0.15) is 27.0 Å². The fourth-order valence-electron chi connectivity index (χ4n) is 3.38. The Morgan fingerprint density at radius 2 is 1.32 bits per heavy atom. The Kier molecular flexibility index (Phi) is 6.65. The molecule has 0 saturated heterocycles. The van der Waals surface area contributed by atoms with Gasteiger partial charge in [-0.15, -0.1) is 0 Å². The zero-order chi connectivity index (χ0) is 21.3. The van der Waals surface area contributed by atoms with E-state index >= 15 is 0 Å². The summed E-state index contributed by atoms with van der Waals surface area (Å²) in [6, 6.07) is 27.6. The summed E-state index contributed by atoms with van der Waals surface area (Å²) in [5.74, 6) is 0.522. The molecule has 5 nitrogen and oxygen atoms in total. The molecule has 31 heavy (non-hydrogen) atoms. The molecule has 1 N–H and O–H groups in total. The van der Waals surface area contributed by atoms with Crippen molar-refractivity contribution < 1.29 is 4.79 Å². The molecule has 2 heterocycles. The third-order valence-electron chi connectivity index (χ3n) is 4.97. The maximum absolute atomic E-state index is 13.6. The molecule has 2 aromatic carbocycles. The molecule has 1 amide bonds. The van der Waals surface area contributed by atoms with Crippen molar-refractivity contribution in [3.05, 3.63) is 126 Å². The quantitative estimate of drug-likeness (QED) is 0.449. The second-order valence-corrected chi connectivity index (χ2v) is 7.24. The SMILES string of the molecule is O=C(c1cccnc1NCc1ccncc1)N(Cc1ccccc1)Cc1ccccc1. The van der Waals surface area contributed by atoms with Gasteiger partial charge in [0, 0.05) is 38.2 Å². The second kappa shape index (κ2) is 10.2. The highest BCUT2D eigenvalue weighted by Crippen LogP contribution is 2.19. The van der Waals surface area contributed by atoms with Crippen LogP contribution in [-0.4, -0.2) is 20.8 Å². The minimum atomic E-state index is -0.0574. The van der Waals surface area contributed by atoms with Crippen LogP contribution < -0.4 is 5.32 Å². The molecule has 154 valence electrons. The van der Waals surface area contributed by atoms with Crippen molar-refractivity contribution >= 4 is 11.7 Å². The molecular formula is C26H24N4O. The topological polar surface area (TPSA) is 58.1 Å². The smallest absolute Gasteiger partial charge is 0.258 e. The van der Waals surface area contributed by atoms with E-state index in [1.54, 1.807) is 24.7 Å². The van der Waals surface area contributed by atoms with Gasteiger partial charge in [-0.3, -0.25) is 9.78 Å². The number of carbonyl (C=O) groups is 1. The summed E-state index contributed by atoms with van der Waals surface area (Å²) in [6.07, 6.45) is 5.20. The lowest BCUT2D eigenvalue weighted by Crippen LogP contribution is -2.31. The molecular weight excluding hydrogens is 384 g/mol. The number of nitrogens with one attached hydrogen (secondary N) is 1. The molecule has 0 atom stereocenters. The van der Waals surface area contributed by atoms with E-state index < -0.39 is 0 Å². The van der Waals surface area contributed by atoms with Gasteiger partial charge in [0.2, 0.25) is 0 Å². The van der Waals surface area contributed by atoms with Gasteiger partial charge in [-0.2, -0.15) is 0 Å². The summed E-state index contributed by atoms with van der Waals surface area (Å²) >= 11 is 0. The Morgan fingerprint density at radius 1 is 0.710 bits per heavy atom. The van der Waals surface area contributed by atoms with Crippen LogP contribution in [0.4, 0.5) is 5.82 Å². The summed E-state index contributed by atoms with van der Waals surface area (Å²) in [5.41, 5.74) is 3.80. The van der Waals surface area contributed by atoms with E-state index in [4.69, 9.17) is 0 Å². The molecule has 0 saturated carbocycles. The Bertz CT molecular complexity index is 1060. The molecule has 0 aliphatic rings. The number of hydrogen-bond acceptors (Lipinski definition) is 4. The lowest BCUT2D eigenvalue weighted by atomic mass is 10.1. The summed E-state index contributed by atoms with van der Waals surface area (Å²) in [7, 11) is 0. The first kappa shape index (κ1) is 20.3. The van der Waals surface area contributed by atoms with Crippen LogP contribution in [0.15, 0.2) is 104 Å². The van der Waals surface area contributed by atoms with Gasteiger partial charge < -0.3 is 10.2 Å². The third kappa shape index (κ3) is 5.54. The zero-order valence-electron chi connectivity index (χ0n) is 17.2. The van der Waals surface area contributed by atoms with Crippen LogP contribution in [0.25, 0.3) is 0 Å². The fraction of sp³-hybridized carbons (Fsp3) is 0.115. The summed E-state index contributed by atoms with van der Waals surface area (Å²) in [6.45, 7) is 1.61. The number of nitrogens with zero attached hydrogens (tertiary/aromatic N) is 3. The minimum Gasteiger partial charge on any atom is -0.365 e. The van der Waals surface area contributed by atoms with E-state index in [-0.39, 0.29) is 5.91 Å². The molecule has 0 aliphatic heterocycles. The molecule has 0 spiro atoms. The average molecular weight is 409 g/mol. The molecule has 0 unspecified atom stereocenters. The van der Waals surface area contributed by atoms with Crippen molar-refractivity contribution in [3.63, 3.8) is 0 Å². The Balaban J connectivity index is 1.58. The fourth-order valence-corrected chi connectivity index (χ4v) is 3.38. The van der Waals surface area contributed by atoms with E-state index in [2.05, 4.69) is 15.3 Å². The summed E-state index contributed by atoms with van der Waals surface area (Å²) in [5, 5.41) is 3.31. The van der Waals surface area contributed by atoms with Crippen molar-refractivity contribution in [2.45, 2.75) is 19.6 Å². The van der Waals surface area contributed by atoms with Crippen molar-refractivity contribution in [1.82, 2.24) is 14.9 Å². The molecule has 0 fully saturated rings. The number of carbonyl (C=O) groups excluding carboxylic acids is 1. The molecule has 5 heteroatoms. The van der Waals surface area contributed by atoms with Crippen molar-refractivity contribution in [2.75, 3.05) is 5.32 Å². The Hall–Kier alpha value is -3.99. The predicted molar refractivity (Wildman–Crippen MR) is 122 cm³/mol. The first-order chi connectivity index (χ1) is 15.3. The Morgan fingerprint density at radius 3 is 1.94 bits per heavy atom.